The first-order valence-corrected chi connectivity index (χ1v) is 6.96. The molecule has 0 saturated heterocycles. The molecule has 0 spiro atoms. The Kier molecular flexibility index (Phi) is 4.29. The van der Waals surface area contributed by atoms with E-state index in [1.807, 2.05) is 18.4 Å². The second-order valence-corrected chi connectivity index (χ2v) is 5.71. The molecule has 0 amide bonds. The SMILES string of the molecule is Cc1csc(C(Nc2ncc(Cl)cc2Cl)C(=O)O)c1. The van der Waals surface area contributed by atoms with E-state index in [0.717, 1.165) is 5.56 Å². The Morgan fingerprint density at radius 2 is 2.21 bits per heavy atom. The number of carbonyl (C=O) groups is 1. The Balaban J connectivity index is 2.29. The first-order valence-electron chi connectivity index (χ1n) is 5.33. The van der Waals surface area contributed by atoms with Gasteiger partial charge < -0.3 is 10.4 Å². The van der Waals surface area contributed by atoms with Crippen molar-refractivity contribution in [3.63, 3.8) is 0 Å². The predicted molar refractivity (Wildman–Crippen MR) is 77.3 cm³/mol. The molecule has 0 aliphatic rings. The Bertz CT molecular complexity index is 616. The number of halogens is 2. The van der Waals surface area contributed by atoms with Gasteiger partial charge in [0.05, 0.1) is 10.0 Å². The van der Waals surface area contributed by atoms with E-state index < -0.39 is 12.0 Å². The number of hydrogen-bond donors (Lipinski definition) is 2. The molecule has 0 bridgehead atoms. The molecule has 0 radical (unpaired) electrons. The fraction of sp³-hybridized carbons (Fsp3) is 0.167. The van der Waals surface area contributed by atoms with Crippen molar-refractivity contribution in [1.29, 1.82) is 0 Å². The maximum atomic E-state index is 11.3. The lowest BCUT2D eigenvalue weighted by Gasteiger charge is -2.14. The number of carboxylic acid groups (broad SMARTS) is 1. The van der Waals surface area contributed by atoms with E-state index in [1.165, 1.54) is 23.6 Å². The molecular weight excluding hydrogens is 307 g/mol. The topological polar surface area (TPSA) is 62.2 Å². The van der Waals surface area contributed by atoms with Crippen LogP contribution < -0.4 is 5.32 Å². The van der Waals surface area contributed by atoms with Crippen molar-refractivity contribution in [3.05, 3.63) is 44.2 Å². The highest BCUT2D eigenvalue weighted by molar-refractivity contribution is 7.10. The Labute approximate surface area is 124 Å². The maximum Gasteiger partial charge on any atom is 0.331 e. The van der Waals surface area contributed by atoms with Gasteiger partial charge >= 0.3 is 5.97 Å². The zero-order chi connectivity index (χ0) is 14.0. The van der Waals surface area contributed by atoms with Crippen LogP contribution in [0.15, 0.2) is 23.7 Å². The number of anilines is 1. The lowest BCUT2D eigenvalue weighted by Crippen LogP contribution is -2.20. The highest BCUT2D eigenvalue weighted by Gasteiger charge is 2.22. The summed E-state index contributed by atoms with van der Waals surface area (Å²) in [5, 5.41) is 14.7. The zero-order valence-corrected chi connectivity index (χ0v) is 12.2. The van der Waals surface area contributed by atoms with Crippen LogP contribution in [0.1, 0.15) is 16.5 Å². The number of hydrogen-bond acceptors (Lipinski definition) is 4. The molecular formula is C12H10Cl2N2O2S. The molecule has 100 valence electrons. The standard InChI is InChI=1S/C12H10Cl2N2O2S/c1-6-2-9(19-5-6)10(12(17)18)16-11-8(14)3-7(13)4-15-11/h2-5,10H,1H3,(H,15,16)(H,17,18). The fourth-order valence-electron chi connectivity index (χ4n) is 1.52. The van der Waals surface area contributed by atoms with Gasteiger partial charge in [0.25, 0.3) is 0 Å². The lowest BCUT2D eigenvalue weighted by molar-refractivity contribution is -0.138. The smallest absolute Gasteiger partial charge is 0.331 e. The highest BCUT2D eigenvalue weighted by atomic mass is 35.5. The van der Waals surface area contributed by atoms with Crippen LogP contribution in [0.25, 0.3) is 0 Å². The van der Waals surface area contributed by atoms with Crippen molar-refractivity contribution in [2.24, 2.45) is 0 Å². The predicted octanol–water partition coefficient (Wildman–Crippen LogP) is 4.00. The number of aliphatic carboxylic acids is 1. The monoisotopic (exact) mass is 316 g/mol. The van der Waals surface area contributed by atoms with Crippen LogP contribution >= 0.6 is 34.5 Å². The van der Waals surface area contributed by atoms with Gasteiger partial charge in [-0.05, 0) is 30.0 Å². The number of thiophene rings is 1. The summed E-state index contributed by atoms with van der Waals surface area (Å²) in [6.07, 6.45) is 1.41. The third-order valence-corrected chi connectivity index (χ3v) is 3.98. The minimum absolute atomic E-state index is 0.284. The molecule has 0 fully saturated rings. The van der Waals surface area contributed by atoms with Crippen LogP contribution in [0.5, 0.6) is 0 Å². The van der Waals surface area contributed by atoms with Crippen molar-refractivity contribution in [3.8, 4) is 0 Å². The maximum absolute atomic E-state index is 11.3. The molecule has 2 aromatic rings. The average molecular weight is 317 g/mol. The van der Waals surface area contributed by atoms with Crippen molar-refractivity contribution < 1.29 is 9.90 Å². The molecule has 2 aromatic heterocycles. The van der Waals surface area contributed by atoms with Crippen LogP contribution in [0.4, 0.5) is 5.82 Å². The number of aryl methyl sites for hydroxylation is 1. The second-order valence-electron chi connectivity index (χ2n) is 3.93. The van der Waals surface area contributed by atoms with E-state index >= 15 is 0 Å². The van der Waals surface area contributed by atoms with Gasteiger partial charge in [0.15, 0.2) is 6.04 Å². The van der Waals surface area contributed by atoms with Crippen LogP contribution in [-0.2, 0) is 4.79 Å². The molecule has 0 aromatic carbocycles. The summed E-state index contributed by atoms with van der Waals surface area (Å²) in [4.78, 5) is 16.0. The summed E-state index contributed by atoms with van der Waals surface area (Å²) in [6, 6.07) is 2.45. The zero-order valence-electron chi connectivity index (χ0n) is 9.85. The summed E-state index contributed by atoms with van der Waals surface area (Å²) in [6.45, 7) is 1.91. The summed E-state index contributed by atoms with van der Waals surface area (Å²) < 4.78 is 0. The highest BCUT2D eigenvalue weighted by Crippen LogP contribution is 2.29. The fourth-order valence-corrected chi connectivity index (χ4v) is 2.89. The van der Waals surface area contributed by atoms with Gasteiger partial charge in [-0.15, -0.1) is 11.3 Å². The van der Waals surface area contributed by atoms with Gasteiger partial charge in [-0.2, -0.15) is 0 Å². The molecule has 1 unspecified atom stereocenters. The quantitative estimate of drug-likeness (QED) is 0.895. The Morgan fingerprint density at radius 3 is 2.74 bits per heavy atom. The third kappa shape index (κ3) is 3.37. The number of carboxylic acids is 1. The van der Waals surface area contributed by atoms with Crippen molar-refractivity contribution in [2.75, 3.05) is 5.32 Å². The Morgan fingerprint density at radius 1 is 1.47 bits per heavy atom. The van der Waals surface area contributed by atoms with Gasteiger partial charge in [-0.3, -0.25) is 0 Å². The summed E-state index contributed by atoms with van der Waals surface area (Å²) in [5.74, 6) is -0.695. The number of rotatable bonds is 4. The van der Waals surface area contributed by atoms with E-state index in [2.05, 4.69) is 10.3 Å². The van der Waals surface area contributed by atoms with Gasteiger partial charge in [-0.25, -0.2) is 9.78 Å². The second kappa shape index (κ2) is 5.77. The molecule has 0 aliphatic heterocycles. The minimum Gasteiger partial charge on any atom is -0.479 e. The van der Waals surface area contributed by atoms with Crippen LogP contribution in [0.3, 0.4) is 0 Å². The van der Waals surface area contributed by atoms with E-state index in [0.29, 0.717) is 15.7 Å². The van der Waals surface area contributed by atoms with E-state index in [4.69, 9.17) is 23.2 Å². The lowest BCUT2D eigenvalue weighted by atomic mass is 10.2. The van der Waals surface area contributed by atoms with E-state index in [9.17, 15) is 9.90 Å². The normalized spacial score (nSPS) is 12.2. The van der Waals surface area contributed by atoms with Crippen LogP contribution in [-0.4, -0.2) is 16.1 Å². The molecule has 0 aliphatic carbocycles. The van der Waals surface area contributed by atoms with Gasteiger partial charge in [-0.1, -0.05) is 23.2 Å². The number of nitrogens with zero attached hydrogens (tertiary/aromatic N) is 1. The molecule has 2 rings (SSSR count). The van der Waals surface area contributed by atoms with Crippen LogP contribution in [0.2, 0.25) is 10.0 Å². The first-order chi connectivity index (χ1) is 8.97. The first kappa shape index (κ1) is 14.1. The van der Waals surface area contributed by atoms with E-state index in [-0.39, 0.29) is 5.02 Å². The number of nitrogens with one attached hydrogen (secondary N) is 1. The number of aromatic nitrogens is 1. The van der Waals surface area contributed by atoms with Gasteiger partial charge in [0, 0.05) is 11.1 Å². The summed E-state index contributed by atoms with van der Waals surface area (Å²) >= 11 is 13.1. The molecule has 2 N–H and O–H groups in total. The summed E-state index contributed by atoms with van der Waals surface area (Å²) in [7, 11) is 0. The van der Waals surface area contributed by atoms with Crippen molar-refractivity contribution >= 4 is 46.3 Å². The largest absolute Gasteiger partial charge is 0.479 e. The van der Waals surface area contributed by atoms with Crippen molar-refractivity contribution in [1.82, 2.24) is 4.98 Å². The third-order valence-electron chi connectivity index (χ3n) is 2.37. The molecule has 4 nitrogen and oxygen atoms in total. The summed E-state index contributed by atoms with van der Waals surface area (Å²) in [5.41, 5.74) is 1.02. The minimum atomic E-state index is -0.991. The number of pyridine rings is 1. The Hall–Kier alpha value is -1.30. The molecule has 19 heavy (non-hydrogen) atoms. The van der Waals surface area contributed by atoms with E-state index in [1.54, 1.807) is 0 Å². The molecule has 2 heterocycles. The average Bonchev–Trinajstić information content (AvgIpc) is 2.74. The molecule has 0 saturated carbocycles. The van der Waals surface area contributed by atoms with Crippen molar-refractivity contribution in [2.45, 2.75) is 13.0 Å². The van der Waals surface area contributed by atoms with Gasteiger partial charge in [0.2, 0.25) is 0 Å². The molecule has 7 heteroatoms. The van der Waals surface area contributed by atoms with Crippen LogP contribution in [0, 0.1) is 6.92 Å². The van der Waals surface area contributed by atoms with Gasteiger partial charge in [0.1, 0.15) is 5.82 Å². The molecule has 1 atom stereocenters.